The molecule has 1 amide bonds. The Morgan fingerprint density at radius 1 is 1.53 bits per heavy atom. The van der Waals surface area contributed by atoms with Crippen molar-refractivity contribution in [2.45, 2.75) is 12.5 Å². The van der Waals surface area contributed by atoms with Crippen LogP contribution in [0.15, 0.2) is 22.7 Å². The number of carbonyl (C=O) groups excluding carboxylic acids is 1. The van der Waals surface area contributed by atoms with Gasteiger partial charge in [0, 0.05) is 15.8 Å². The molecule has 1 aromatic carbocycles. The van der Waals surface area contributed by atoms with Gasteiger partial charge in [0.15, 0.2) is 0 Å². The first-order valence-electron chi connectivity index (χ1n) is 5.38. The van der Waals surface area contributed by atoms with Crippen LogP contribution in [0.2, 0.25) is 5.02 Å². The van der Waals surface area contributed by atoms with Crippen molar-refractivity contribution in [2.75, 3.05) is 17.3 Å². The van der Waals surface area contributed by atoms with Crippen molar-refractivity contribution in [2.24, 2.45) is 5.73 Å². The number of hydrogen-bond donors (Lipinski definition) is 2. The standard InChI is InChI=1S/C11H14BrClN2O3S/c1-19(17,18)5-4-9(14)11(16)15-10-6-7(13)2-3-8(10)12/h2-3,6,9H,4-5,14H2,1H3,(H,15,16). The summed E-state index contributed by atoms with van der Waals surface area (Å²) >= 11 is 9.09. The monoisotopic (exact) mass is 368 g/mol. The Balaban J connectivity index is 2.66. The molecule has 3 N–H and O–H groups in total. The zero-order valence-electron chi connectivity index (χ0n) is 10.2. The van der Waals surface area contributed by atoms with E-state index in [0.717, 1.165) is 6.26 Å². The maximum absolute atomic E-state index is 11.8. The van der Waals surface area contributed by atoms with Gasteiger partial charge in [-0.05, 0) is 40.5 Å². The molecule has 1 unspecified atom stereocenters. The van der Waals surface area contributed by atoms with Crippen molar-refractivity contribution < 1.29 is 13.2 Å². The average molecular weight is 370 g/mol. The van der Waals surface area contributed by atoms with E-state index in [2.05, 4.69) is 21.2 Å². The van der Waals surface area contributed by atoms with Crippen LogP contribution in [0.1, 0.15) is 6.42 Å². The molecule has 0 aliphatic carbocycles. The molecule has 106 valence electrons. The van der Waals surface area contributed by atoms with Crippen molar-refractivity contribution in [3.05, 3.63) is 27.7 Å². The Hall–Kier alpha value is -0.630. The zero-order valence-corrected chi connectivity index (χ0v) is 13.3. The lowest BCUT2D eigenvalue weighted by molar-refractivity contribution is -0.117. The summed E-state index contributed by atoms with van der Waals surface area (Å²) < 4.78 is 22.7. The number of carbonyl (C=O) groups is 1. The zero-order chi connectivity index (χ0) is 14.6. The van der Waals surface area contributed by atoms with Crippen LogP contribution in [-0.2, 0) is 14.6 Å². The summed E-state index contributed by atoms with van der Waals surface area (Å²) in [6.45, 7) is 0. The maximum atomic E-state index is 11.8. The fourth-order valence-electron chi connectivity index (χ4n) is 1.29. The molecule has 0 radical (unpaired) electrons. The summed E-state index contributed by atoms with van der Waals surface area (Å²) in [6, 6.07) is 4.05. The summed E-state index contributed by atoms with van der Waals surface area (Å²) in [4.78, 5) is 11.8. The van der Waals surface area contributed by atoms with Gasteiger partial charge in [0.1, 0.15) is 9.84 Å². The highest BCUT2D eigenvalue weighted by atomic mass is 79.9. The third-order valence-electron chi connectivity index (χ3n) is 2.32. The van der Waals surface area contributed by atoms with E-state index in [1.807, 2.05) is 0 Å². The van der Waals surface area contributed by atoms with Gasteiger partial charge in [0.05, 0.1) is 17.5 Å². The number of halogens is 2. The molecule has 0 spiro atoms. The molecule has 0 saturated heterocycles. The summed E-state index contributed by atoms with van der Waals surface area (Å²) in [6.07, 6.45) is 1.17. The molecule has 8 heteroatoms. The second-order valence-corrected chi connectivity index (χ2v) is 7.69. The van der Waals surface area contributed by atoms with Crippen LogP contribution < -0.4 is 11.1 Å². The van der Waals surface area contributed by atoms with Crippen LogP contribution >= 0.6 is 27.5 Å². The number of sulfone groups is 1. The van der Waals surface area contributed by atoms with Crippen LogP contribution in [0.3, 0.4) is 0 Å². The number of hydrogen-bond acceptors (Lipinski definition) is 4. The first-order chi connectivity index (χ1) is 8.69. The van der Waals surface area contributed by atoms with Crippen LogP contribution in [0.4, 0.5) is 5.69 Å². The maximum Gasteiger partial charge on any atom is 0.241 e. The lowest BCUT2D eigenvalue weighted by Gasteiger charge is -2.13. The van der Waals surface area contributed by atoms with E-state index in [4.69, 9.17) is 17.3 Å². The fourth-order valence-corrected chi connectivity index (χ4v) is 2.49. The predicted molar refractivity (Wildman–Crippen MR) is 80.1 cm³/mol. The smallest absolute Gasteiger partial charge is 0.241 e. The number of benzene rings is 1. The number of anilines is 1. The Bertz CT molecular complexity index is 577. The molecule has 1 atom stereocenters. The number of nitrogens with two attached hydrogens (primary N) is 1. The van der Waals surface area contributed by atoms with Gasteiger partial charge in [-0.15, -0.1) is 0 Å². The molecule has 0 fully saturated rings. The van der Waals surface area contributed by atoms with E-state index in [9.17, 15) is 13.2 Å². The van der Waals surface area contributed by atoms with Crippen molar-refractivity contribution in [1.29, 1.82) is 0 Å². The number of amides is 1. The lowest BCUT2D eigenvalue weighted by Crippen LogP contribution is -2.37. The molecule has 19 heavy (non-hydrogen) atoms. The minimum absolute atomic E-state index is 0.0723. The Morgan fingerprint density at radius 3 is 2.74 bits per heavy atom. The predicted octanol–water partition coefficient (Wildman–Crippen LogP) is 1.80. The third-order valence-corrected chi connectivity index (χ3v) is 4.23. The third kappa shape index (κ3) is 5.90. The molecule has 1 aromatic rings. The highest BCUT2D eigenvalue weighted by Crippen LogP contribution is 2.25. The molecule has 0 saturated carbocycles. The van der Waals surface area contributed by atoms with Crippen molar-refractivity contribution in [1.82, 2.24) is 0 Å². The van der Waals surface area contributed by atoms with Gasteiger partial charge in [-0.3, -0.25) is 4.79 Å². The van der Waals surface area contributed by atoms with Crippen molar-refractivity contribution in [3.8, 4) is 0 Å². The molecule has 0 aromatic heterocycles. The van der Waals surface area contributed by atoms with Gasteiger partial charge in [0.25, 0.3) is 0 Å². The van der Waals surface area contributed by atoms with E-state index in [1.54, 1.807) is 18.2 Å². The van der Waals surface area contributed by atoms with Crippen LogP contribution in [0.25, 0.3) is 0 Å². The minimum atomic E-state index is -3.13. The van der Waals surface area contributed by atoms with E-state index < -0.39 is 21.8 Å². The topological polar surface area (TPSA) is 89.3 Å². The first-order valence-corrected chi connectivity index (χ1v) is 8.61. The molecule has 0 heterocycles. The summed E-state index contributed by atoms with van der Waals surface area (Å²) in [7, 11) is -3.13. The Labute approximate surface area is 125 Å². The van der Waals surface area contributed by atoms with Crippen LogP contribution in [0.5, 0.6) is 0 Å². The number of rotatable bonds is 5. The summed E-state index contributed by atoms with van der Waals surface area (Å²) in [5.74, 6) is -0.579. The van der Waals surface area contributed by atoms with Crippen molar-refractivity contribution in [3.63, 3.8) is 0 Å². The van der Waals surface area contributed by atoms with Gasteiger partial charge in [-0.1, -0.05) is 11.6 Å². The second-order valence-electron chi connectivity index (χ2n) is 4.14. The van der Waals surface area contributed by atoms with E-state index in [1.165, 1.54) is 0 Å². The normalized spacial score (nSPS) is 13.1. The average Bonchev–Trinajstić information content (AvgIpc) is 2.29. The molecular weight excluding hydrogens is 356 g/mol. The molecule has 0 aliphatic rings. The highest BCUT2D eigenvalue weighted by molar-refractivity contribution is 9.10. The van der Waals surface area contributed by atoms with Gasteiger partial charge in [-0.25, -0.2) is 8.42 Å². The molecule has 0 bridgehead atoms. The Morgan fingerprint density at radius 2 is 2.16 bits per heavy atom. The largest absolute Gasteiger partial charge is 0.324 e. The second kappa shape index (κ2) is 6.69. The Kier molecular flexibility index (Phi) is 5.79. The number of nitrogens with one attached hydrogen (secondary N) is 1. The van der Waals surface area contributed by atoms with Crippen LogP contribution in [-0.4, -0.2) is 32.4 Å². The quantitative estimate of drug-likeness (QED) is 0.828. The fraction of sp³-hybridized carbons (Fsp3) is 0.364. The first kappa shape index (κ1) is 16.4. The van der Waals surface area contributed by atoms with Crippen molar-refractivity contribution >= 4 is 49.0 Å². The minimum Gasteiger partial charge on any atom is -0.324 e. The van der Waals surface area contributed by atoms with E-state index in [-0.39, 0.29) is 12.2 Å². The summed E-state index contributed by atoms with van der Waals surface area (Å²) in [5.41, 5.74) is 6.13. The highest BCUT2D eigenvalue weighted by Gasteiger charge is 2.17. The lowest BCUT2D eigenvalue weighted by atomic mass is 10.2. The van der Waals surface area contributed by atoms with Crippen LogP contribution in [0, 0.1) is 0 Å². The van der Waals surface area contributed by atoms with E-state index in [0.29, 0.717) is 15.2 Å². The molecular formula is C11H14BrClN2O3S. The SMILES string of the molecule is CS(=O)(=O)CCC(N)C(=O)Nc1cc(Cl)ccc1Br. The van der Waals surface area contributed by atoms with Gasteiger partial charge in [-0.2, -0.15) is 0 Å². The van der Waals surface area contributed by atoms with Gasteiger partial charge >= 0.3 is 0 Å². The molecule has 1 rings (SSSR count). The molecule has 5 nitrogen and oxygen atoms in total. The van der Waals surface area contributed by atoms with Gasteiger partial charge < -0.3 is 11.1 Å². The molecule has 0 aliphatic heterocycles. The summed E-state index contributed by atoms with van der Waals surface area (Å²) in [5, 5.41) is 3.07. The van der Waals surface area contributed by atoms with E-state index >= 15 is 0 Å². The van der Waals surface area contributed by atoms with Gasteiger partial charge in [0.2, 0.25) is 5.91 Å².